The Balaban J connectivity index is 1.61. The lowest BCUT2D eigenvalue weighted by Crippen LogP contribution is -2.59. The fourth-order valence-corrected chi connectivity index (χ4v) is 4.72. The van der Waals surface area contributed by atoms with Gasteiger partial charge in [-0.2, -0.15) is 26.3 Å². The monoisotopic (exact) mass is 486 g/mol. The van der Waals surface area contributed by atoms with Crippen LogP contribution in [0.25, 0.3) is 0 Å². The summed E-state index contributed by atoms with van der Waals surface area (Å²) in [6.45, 7) is 1.44. The third-order valence-electron chi connectivity index (χ3n) is 6.57. The van der Waals surface area contributed by atoms with Crippen molar-refractivity contribution in [2.75, 3.05) is 6.61 Å². The summed E-state index contributed by atoms with van der Waals surface area (Å²) in [4.78, 5) is 11.9. The molecule has 2 aromatic carbocycles. The molecule has 0 saturated carbocycles. The minimum Gasteiger partial charge on any atom is -0.372 e. The number of amides is 1. The Morgan fingerprint density at radius 2 is 1.62 bits per heavy atom. The zero-order valence-corrected chi connectivity index (χ0v) is 18.3. The van der Waals surface area contributed by atoms with Crippen LogP contribution in [-0.4, -0.2) is 24.6 Å². The van der Waals surface area contributed by atoms with Gasteiger partial charge in [0.05, 0.1) is 29.4 Å². The standard InChI is InChI=1S/C24H24F6N2O2/c1-14(15-9-17(23(25,26)27)11-18(10-15)24(28,29)30)34-13-22(16-5-3-2-4-6-16)8-7-19-20(32-22)12-21(33)31-19/h2-6,9-11,14,19-20,32H,7-8,12-13H2,1H3,(H,31,33)/t14-,19-,20+,22-/m1/s1. The molecule has 2 aliphatic heterocycles. The number of nitrogens with one attached hydrogen (secondary N) is 2. The summed E-state index contributed by atoms with van der Waals surface area (Å²) in [5.74, 6) is -0.0655. The molecule has 10 heteroatoms. The number of halogens is 6. The molecule has 2 heterocycles. The summed E-state index contributed by atoms with van der Waals surface area (Å²) in [5, 5.41) is 6.41. The van der Waals surface area contributed by atoms with E-state index in [1.54, 1.807) is 0 Å². The fourth-order valence-electron chi connectivity index (χ4n) is 4.72. The van der Waals surface area contributed by atoms with Crippen LogP contribution in [0.1, 0.15) is 54.5 Å². The van der Waals surface area contributed by atoms with Crippen molar-refractivity contribution >= 4 is 5.91 Å². The molecule has 184 valence electrons. The van der Waals surface area contributed by atoms with Gasteiger partial charge in [-0.05, 0) is 49.1 Å². The SMILES string of the molecule is C[C@@H](OC[C@@]1(c2ccccc2)CC[C@H]2NC(=O)C[C@@H]2N1)c1cc(C(F)(F)F)cc(C(F)(F)F)c1. The molecule has 2 saturated heterocycles. The van der Waals surface area contributed by atoms with Crippen LogP contribution in [0.15, 0.2) is 48.5 Å². The topological polar surface area (TPSA) is 50.4 Å². The smallest absolute Gasteiger partial charge is 0.372 e. The van der Waals surface area contributed by atoms with Crippen LogP contribution >= 0.6 is 0 Å². The summed E-state index contributed by atoms with van der Waals surface area (Å²) >= 11 is 0. The lowest BCUT2D eigenvalue weighted by atomic mass is 9.79. The van der Waals surface area contributed by atoms with Gasteiger partial charge in [-0.25, -0.2) is 0 Å². The maximum absolute atomic E-state index is 13.3. The quantitative estimate of drug-likeness (QED) is 0.562. The first-order valence-electron chi connectivity index (χ1n) is 10.9. The van der Waals surface area contributed by atoms with E-state index in [4.69, 9.17) is 4.74 Å². The van der Waals surface area contributed by atoms with Crippen molar-refractivity contribution in [1.82, 2.24) is 10.6 Å². The summed E-state index contributed by atoms with van der Waals surface area (Å²) in [7, 11) is 0. The highest BCUT2D eigenvalue weighted by atomic mass is 19.4. The van der Waals surface area contributed by atoms with Crippen molar-refractivity contribution in [3.63, 3.8) is 0 Å². The number of piperidine rings is 1. The van der Waals surface area contributed by atoms with Gasteiger partial charge in [0.2, 0.25) is 5.91 Å². The molecule has 4 nitrogen and oxygen atoms in total. The number of hydrogen-bond acceptors (Lipinski definition) is 3. The molecule has 2 aliphatic rings. The molecule has 0 aromatic heterocycles. The Kier molecular flexibility index (Phi) is 6.41. The molecule has 0 spiro atoms. The minimum absolute atomic E-state index is 0.00713. The van der Waals surface area contributed by atoms with E-state index >= 15 is 0 Å². The number of benzene rings is 2. The maximum atomic E-state index is 13.3. The van der Waals surface area contributed by atoms with E-state index in [0.29, 0.717) is 25.0 Å². The molecule has 4 rings (SSSR count). The molecule has 0 bridgehead atoms. The van der Waals surface area contributed by atoms with E-state index in [9.17, 15) is 31.1 Å². The maximum Gasteiger partial charge on any atom is 0.416 e. The third-order valence-corrected chi connectivity index (χ3v) is 6.57. The van der Waals surface area contributed by atoms with Crippen LogP contribution in [0.5, 0.6) is 0 Å². The van der Waals surface area contributed by atoms with Crippen molar-refractivity contribution in [3.05, 3.63) is 70.8 Å². The summed E-state index contributed by atoms with van der Waals surface area (Å²) < 4.78 is 85.5. The van der Waals surface area contributed by atoms with Crippen LogP contribution in [0.3, 0.4) is 0 Å². The lowest BCUT2D eigenvalue weighted by Gasteiger charge is -2.44. The molecule has 1 amide bonds. The molecule has 2 fully saturated rings. The number of fused-ring (bicyclic) bond motifs is 1. The van der Waals surface area contributed by atoms with Gasteiger partial charge < -0.3 is 15.4 Å². The van der Waals surface area contributed by atoms with E-state index in [0.717, 1.165) is 5.56 Å². The van der Waals surface area contributed by atoms with Gasteiger partial charge in [-0.1, -0.05) is 30.3 Å². The van der Waals surface area contributed by atoms with Gasteiger partial charge in [-0.15, -0.1) is 0 Å². The van der Waals surface area contributed by atoms with E-state index in [1.165, 1.54) is 6.92 Å². The van der Waals surface area contributed by atoms with Gasteiger partial charge >= 0.3 is 12.4 Å². The molecule has 4 atom stereocenters. The first kappa shape index (κ1) is 24.5. The fraction of sp³-hybridized carbons (Fsp3) is 0.458. The predicted octanol–water partition coefficient (Wildman–Crippen LogP) is 5.34. The highest BCUT2D eigenvalue weighted by Crippen LogP contribution is 2.40. The third kappa shape index (κ3) is 5.07. The Bertz CT molecular complexity index is 1010. The van der Waals surface area contributed by atoms with Gasteiger partial charge in [0, 0.05) is 18.5 Å². The number of ether oxygens (including phenoxy) is 1. The van der Waals surface area contributed by atoms with Crippen LogP contribution in [0.4, 0.5) is 26.3 Å². The molecule has 2 N–H and O–H groups in total. The molecule has 0 aliphatic carbocycles. The molecule has 0 radical (unpaired) electrons. The Morgan fingerprint density at radius 1 is 1.00 bits per heavy atom. The second kappa shape index (κ2) is 8.88. The number of carbonyl (C=O) groups excluding carboxylic acids is 1. The number of alkyl halides is 6. The Morgan fingerprint density at radius 3 is 2.21 bits per heavy atom. The molecular weight excluding hydrogens is 462 g/mol. The van der Waals surface area contributed by atoms with Crippen molar-refractivity contribution in [2.45, 2.75) is 62.3 Å². The van der Waals surface area contributed by atoms with E-state index < -0.39 is 35.1 Å². The largest absolute Gasteiger partial charge is 0.416 e. The zero-order chi connectivity index (χ0) is 24.7. The number of rotatable bonds is 5. The molecular formula is C24H24F6N2O2. The first-order chi connectivity index (χ1) is 15.9. The van der Waals surface area contributed by atoms with Crippen LogP contribution in [-0.2, 0) is 27.4 Å². The Hall–Kier alpha value is -2.59. The second-order valence-electron chi connectivity index (χ2n) is 8.91. The van der Waals surface area contributed by atoms with Crippen LogP contribution < -0.4 is 10.6 Å². The Labute approximate surface area is 192 Å². The normalized spacial score (nSPS) is 26.1. The first-order valence-corrected chi connectivity index (χ1v) is 10.9. The van der Waals surface area contributed by atoms with Gasteiger partial charge in [0.25, 0.3) is 0 Å². The average Bonchev–Trinajstić information content (AvgIpc) is 3.15. The zero-order valence-electron chi connectivity index (χ0n) is 18.3. The van der Waals surface area contributed by atoms with E-state index in [2.05, 4.69) is 10.6 Å². The van der Waals surface area contributed by atoms with Crippen molar-refractivity contribution in [2.24, 2.45) is 0 Å². The predicted molar refractivity (Wildman–Crippen MR) is 112 cm³/mol. The van der Waals surface area contributed by atoms with E-state index in [1.807, 2.05) is 30.3 Å². The van der Waals surface area contributed by atoms with Crippen molar-refractivity contribution in [1.29, 1.82) is 0 Å². The van der Waals surface area contributed by atoms with Crippen molar-refractivity contribution < 1.29 is 35.9 Å². The van der Waals surface area contributed by atoms with Crippen molar-refractivity contribution in [3.8, 4) is 0 Å². The van der Waals surface area contributed by atoms with Gasteiger partial charge in [0.1, 0.15) is 0 Å². The molecule has 0 unspecified atom stereocenters. The number of carbonyl (C=O) groups is 1. The van der Waals surface area contributed by atoms with Crippen LogP contribution in [0.2, 0.25) is 0 Å². The molecule has 34 heavy (non-hydrogen) atoms. The minimum atomic E-state index is -4.93. The van der Waals surface area contributed by atoms with Gasteiger partial charge in [0.15, 0.2) is 0 Å². The van der Waals surface area contributed by atoms with E-state index in [-0.39, 0.29) is 42.6 Å². The summed E-state index contributed by atoms with van der Waals surface area (Å²) in [6, 6.07) is 10.6. The van der Waals surface area contributed by atoms with Crippen LogP contribution in [0, 0.1) is 0 Å². The number of hydrogen-bond donors (Lipinski definition) is 2. The summed E-state index contributed by atoms with van der Waals surface area (Å²) in [6.07, 6.45) is -9.37. The highest BCUT2D eigenvalue weighted by Gasteiger charge is 2.46. The molecule has 2 aromatic rings. The average molecular weight is 486 g/mol. The van der Waals surface area contributed by atoms with Gasteiger partial charge in [-0.3, -0.25) is 4.79 Å². The highest BCUT2D eigenvalue weighted by molar-refractivity contribution is 5.79. The summed E-state index contributed by atoms with van der Waals surface area (Å²) in [5.41, 5.74) is -2.83. The lowest BCUT2D eigenvalue weighted by molar-refractivity contribution is -0.143. The second-order valence-corrected chi connectivity index (χ2v) is 8.91.